The molecular weight excluding hydrogens is 338 g/mol. The van der Waals surface area contributed by atoms with Gasteiger partial charge in [0.15, 0.2) is 5.13 Å². The van der Waals surface area contributed by atoms with E-state index in [2.05, 4.69) is 10.3 Å². The molecule has 25 heavy (non-hydrogen) atoms. The van der Waals surface area contributed by atoms with Gasteiger partial charge in [-0.1, -0.05) is 36.4 Å². The number of nitrogens with zero attached hydrogens (tertiary/aromatic N) is 2. The highest BCUT2D eigenvalue weighted by atomic mass is 32.1. The summed E-state index contributed by atoms with van der Waals surface area (Å²) < 4.78 is 0. The molecular formula is C18H15N3O3S. The quantitative estimate of drug-likeness (QED) is 0.550. The molecule has 0 spiro atoms. The topological polar surface area (TPSA) is 85.1 Å². The van der Waals surface area contributed by atoms with E-state index in [1.165, 1.54) is 29.0 Å². The number of thiazole rings is 1. The fourth-order valence-corrected chi connectivity index (χ4v) is 3.32. The highest BCUT2D eigenvalue weighted by molar-refractivity contribution is 7.15. The predicted octanol–water partition coefficient (Wildman–Crippen LogP) is 4.20. The molecule has 3 aromatic rings. The summed E-state index contributed by atoms with van der Waals surface area (Å²) in [5, 5.41) is 14.2. The molecule has 0 fully saturated rings. The first kappa shape index (κ1) is 16.8. The van der Waals surface area contributed by atoms with E-state index < -0.39 is 10.8 Å². The molecule has 1 N–H and O–H groups in total. The van der Waals surface area contributed by atoms with Gasteiger partial charge in [-0.3, -0.25) is 20.2 Å². The third-order valence-electron chi connectivity index (χ3n) is 3.74. The van der Waals surface area contributed by atoms with Crippen molar-refractivity contribution in [2.45, 2.75) is 13.3 Å². The van der Waals surface area contributed by atoms with Crippen molar-refractivity contribution < 1.29 is 9.72 Å². The first-order valence-corrected chi connectivity index (χ1v) is 8.40. The minimum atomic E-state index is -0.493. The molecule has 6 nitrogen and oxygen atoms in total. The number of anilines is 1. The van der Waals surface area contributed by atoms with Crippen molar-refractivity contribution in [3.8, 4) is 0 Å². The summed E-state index contributed by atoms with van der Waals surface area (Å²) in [4.78, 5) is 28.2. The average molecular weight is 353 g/mol. The lowest BCUT2D eigenvalue weighted by atomic mass is 10.1. The minimum Gasteiger partial charge on any atom is -0.298 e. The molecule has 0 aliphatic heterocycles. The Kier molecular flexibility index (Phi) is 4.85. The van der Waals surface area contributed by atoms with Crippen LogP contribution in [0.15, 0.2) is 54.7 Å². The third kappa shape index (κ3) is 3.89. The van der Waals surface area contributed by atoms with E-state index in [-0.39, 0.29) is 11.3 Å². The second kappa shape index (κ2) is 7.23. The van der Waals surface area contributed by atoms with E-state index in [1.54, 1.807) is 19.2 Å². The summed E-state index contributed by atoms with van der Waals surface area (Å²) in [6.07, 6.45) is 2.47. The highest BCUT2D eigenvalue weighted by Gasteiger charge is 2.18. The van der Waals surface area contributed by atoms with Crippen LogP contribution in [0.4, 0.5) is 10.8 Å². The van der Waals surface area contributed by atoms with Crippen LogP contribution in [0.3, 0.4) is 0 Å². The zero-order valence-corrected chi connectivity index (χ0v) is 14.2. The highest BCUT2D eigenvalue weighted by Crippen LogP contribution is 2.24. The summed E-state index contributed by atoms with van der Waals surface area (Å²) >= 11 is 1.39. The molecule has 0 aliphatic rings. The van der Waals surface area contributed by atoms with Gasteiger partial charge in [0.25, 0.3) is 11.6 Å². The van der Waals surface area contributed by atoms with Crippen LogP contribution in [0.5, 0.6) is 0 Å². The standard InChI is InChI=1S/C18H15N3O3S/c1-12-15(8-5-9-16(12)21(23)24)17(22)20-18-19-11-14(25-18)10-13-6-3-2-4-7-13/h2-9,11H,10H2,1H3,(H,19,20,22). The Morgan fingerprint density at radius 2 is 1.96 bits per heavy atom. The monoisotopic (exact) mass is 353 g/mol. The van der Waals surface area contributed by atoms with E-state index in [0.717, 1.165) is 11.3 Å². The second-order valence-corrected chi connectivity index (χ2v) is 6.57. The van der Waals surface area contributed by atoms with Crippen LogP contribution < -0.4 is 5.32 Å². The molecule has 0 saturated carbocycles. The molecule has 0 saturated heterocycles. The van der Waals surface area contributed by atoms with Crippen molar-refractivity contribution in [1.29, 1.82) is 0 Å². The first-order chi connectivity index (χ1) is 12.0. The number of nitro groups is 1. The maximum Gasteiger partial charge on any atom is 0.273 e. The van der Waals surface area contributed by atoms with Gasteiger partial charge in [-0.25, -0.2) is 4.98 Å². The smallest absolute Gasteiger partial charge is 0.273 e. The fourth-order valence-electron chi connectivity index (χ4n) is 2.48. The summed E-state index contributed by atoms with van der Waals surface area (Å²) in [5.74, 6) is -0.401. The van der Waals surface area contributed by atoms with Crippen LogP contribution in [0.25, 0.3) is 0 Å². The van der Waals surface area contributed by atoms with E-state index in [1.807, 2.05) is 30.3 Å². The van der Waals surface area contributed by atoms with Crippen molar-refractivity contribution in [3.63, 3.8) is 0 Å². The number of rotatable bonds is 5. The zero-order chi connectivity index (χ0) is 17.8. The normalized spacial score (nSPS) is 10.4. The van der Waals surface area contributed by atoms with Gasteiger partial charge in [-0.05, 0) is 18.6 Å². The van der Waals surface area contributed by atoms with E-state index in [4.69, 9.17) is 0 Å². The van der Waals surface area contributed by atoms with Gasteiger partial charge in [0, 0.05) is 34.7 Å². The van der Waals surface area contributed by atoms with Crippen molar-refractivity contribution >= 4 is 28.1 Å². The van der Waals surface area contributed by atoms with Gasteiger partial charge in [0.2, 0.25) is 0 Å². The van der Waals surface area contributed by atoms with Crippen LogP contribution in [-0.4, -0.2) is 15.8 Å². The van der Waals surface area contributed by atoms with E-state index >= 15 is 0 Å². The largest absolute Gasteiger partial charge is 0.298 e. The Morgan fingerprint density at radius 3 is 2.68 bits per heavy atom. The molecule has 0 aliphatic carbocycles. The number of benzene rings is 2. The molecule has 3 rings (SSSR count). The van der Waals surface area contributed by atoms with Gasteiger partial charge in [0.1, 0.15) is 0 Å². The predicted molar refractivity (Wildman–Crippen MR) is 97.1 cm³/mol. The Hall–Kier alpha value is -3.06. The number of nitrogens with one attached hydrogen (secondary N) is 1. The van der Waals surface area contributed by atoms with Crippen LogP contribution >= 0.6 is 11.3 Å². The number of carbonyl (C=O) groups is 1. The average Bonchev–Trinajstić information content (AvgIpc) is 3.02. The molecule has 7 heteroatoms. The minimum absolute atomic E-state index is 0.0726. The van der Waals surface area contributed by atoms with Gasteiger partial charge in [-0.15, -0.1) is 11.3 Å². The van der Waals surface area contributed by atoms with Crippen LogP contribution in [0, 0.1) is 17.0 Å². The third-order valence-corrected chi connectivity index (χ3v) is 4.65. The lowest BCUT2D eigenvalue weighted by Gasteiger charge is -2.05. The number of carbonyl (C=O) groups excluding carboxylic acids is 1. The fraction of sp³-hybridized carbons (Fsp3) is 0.111. The maximum atomic E-state index is 12.4. The molecule has 126 valence electrons. The van der Waals surface area contributed by atoms with E-state index in [9.17, 15) is 14.9 Å². The summed E-state index contributed by atoms with van der Waals surface area (Å²) in [5.41, 5.74) is 1.70. The van der Waals surface area contributed by atoms with Gasteiger partial charge in [0.05, 0.1) is 4.92 Å². The molecule has 1 amide bonds. The lowest BCUT2D eigenvalue weighted by molar-refractivity contribution is -0.385. The zero-order valence-electron chi connectivity index (χ0n) is 13.4. The molecule has 2 aromatic carbocycles. The van der Waals surface area contributed by atoms with Gasteiger partial charge >= 0.3 is 0 Å². The van der Waals surface area contributed by atoms with Crippen molar-refractivity contribution in [1.82, 2.24) is 4.98 Å². The van der Waals surface area contributed by atoms with Crippen LogP contribution in [0.1, 0.15) is 26.4 Å². The first-order valence-electron chi connectivity index (χ1n) is 7.58. The van der Waals surface area contributed by atoms with Crippen molar-refractivity contribution in [3.05, 3.63) is 86.4 Å². The Labute approximate surface area is 148 Å². The molecule has 0 bridgehead atoms. The van der Waals surface area contributed by atoms with Crippen LogP contribution in [-0.2, 0) is 6.42 Å². The van der Waals surface area contributed by atoms with Crippen molar-refractivity contribution in [2.75, 3.05) is 5.32 Å². The Morgan fingerprint density at radius 1 is 1.20 bits per heavy atom. The SMILES string of the molecule is Cc1c(C(=O)Nc2ncc(Cc3ccccc3)s2)cccc1[N+](=O)[O-]. The molecule has 0 radical (unpaired) electrons. The Bertz CT molecular complexity index is 922. The lowest BCUT2D eigenvalue weighted by Crippen LogP contribution is -2.13. The van der Waals surface area contributed by atoms with Gasteiger partial charge < -0.3 is 0 Å². The number of hydrogen-bond acceptors (Lipinski definition) is 5. The van der Waals surface area contributed by atoms with Crippen LogP contribution in [0.2, 0.25) is 0 Å². The van der Waals surface area contributed by atoms with Gasteiger partial charge in [-0.2, -0.15) is 0 Å². The summed E-state index contributed by atoms with van der Waals surface area (Å²) in [7, 11) is 0. The molecule has 0 atom stereocenters. The Balaban J connectivity index is 1.74. The summed E-state index contributed by atoms with van der Waals surface area (Å²) in [6, 6.07) is 14.4. The number of amides is 1. The van der Waals surface area contributed by atoms with Crippen molar-refractivity contribution in [2.24, 2.45) is 0 Å². The molecule has 1 heterocycles. The molecule has 1 aromatic heterocycles. The summed E-state index contributed by atoms with van der Waals surface area (Å²) in [6.45, 7) is 1.57. The molecule has 0 unspecified atom stereocenters. The van der Waals surface area contributed by atoms with E-state index in [0.29, 0.717) is 10.7 Å². The maximum absolute atomic E-state index is 12.4. The number of nitro benzene ring substituents is 1. The second-order valence-electron chi connectivity index (χ2n) is 5.46. The number of hydrogen-bond donors (Lipinski definition) is 1. The number of aromatic nitrogens is 1.